The zero-order valence-corrected chi connectivity index (χ0v) is 20.0. The van der Waals surface area contributed by atoms with Gasteiger partial charge in [0.25, 0.3) is 5.56 Å². The van der Waals surface area contributed by atoms with Gasteiger partial charge < -0.3 is 0 Å². The topological polar surface area (TPSA) is 47.2 Å². The summed E-state index contributed by atoms with van der Waals surface area (Å²) >= 11 is 0. The summed E-state index contributed by atoms with van der Waals surface area (Å²) in [5.41, 5.74) is 4.86. The van der Waals surface area contributed by atoms with E-state index in [0.717, 1.165) is 28.1 Å². The van der Waals surface area contributed by atoms with E-state index in [-0.39, 0.29) is 5.56 Å². The Bertz CT molecular complexity index is 1590. The molecule has 1 atom stereocenters. The van der Waals surface area contributed by atoms with Gasteiger partial charge in [0.15, 0.2) is 0 Å². The van der Waals surface area contributed by atoms with Gasteiger partial charge >= 0.3 is 0 Å². The maximum absolute atomic E-state index is 13.9. The Labute approximate surface area is 210 Å². The summed E-state index contributed by atoms with van der Waals surface area (Å²) in [4.78, 5) is 24.1. The number of fused-ring (bicyclic) bond motifs is 1. The van der Waals surface area contributed by atoms with Crippen molar-refractivity contribution in [1.29, 1.82) is 0 Å². The monoisotopic (exact) mass is 467 g/mol. The number of aryl methyl sites for hydroxylation is 1. The standard InChI is InChI=1S/C32H25N3O/c1-3-14-28(33-30(24-16-7-4-8-17-24)25-18-9-5-10-19-25)31-34-27-22-13-15-23(2)29(27)32(36)35(31)26-20-11-6-12-21-26/h1,4-13,15-22,28H,14H2,2H3. The quantitative estimate of drug-likeness (QED) is 0.217. The summed E-state index contributed by atoms with van der Waals surface area (Å²) < 4.78 is 1.66. The molecule has 174 valence electrons. The number of benzene rings is 4. The van der Waals surface area contributed by atoms with E-state index in [1.54, 1.807) is 4.57 Å². The molecule has 4 aromatic carbocycles. The first-order chi connectivity index (χ1) is 17.7. The molecule has 0 saturated carbocycles. The summed E-state index contributed by atoms with van der Waals surface area (Å²) in [6.45, 7) is 1.93. The molecule has 1 heterocycles. The van der Waals surface area contributed by atoms with Crippen LogP contribution in [0.3, 0.4) is 0 Å². The van der Waals surface area contributed by atoms with E-state index in [1.165, 1.54) is 0 Å². The zero-order chi connectivity index (χ0) is 24.9. The van der Waals surface area contributed by atoms with Gasteiger partial charge in [-0.05, 0) is 30.7 Å². The van der Waals surface area contributed by atoms with Crippen molar-refractivity contribution in [2.75, 3.05) is 0 Å². The van der Waals surface area contributed by atoms with Crippen LogP contribution in [0.4, 0.5) is 0 Å². The van der Waals surface area contributed by atoms with Gasteiger partial charge in [0.05, 0.1) is 22.3 Å². The van der Waals surface area contributed by atoms with Crippen LogP contribution in [0.25, 0.3) is 16.6 Å². The summed E-state index contributed by atoms with van der Waals surface area (Å²) in [6.07, 6.45) is 6.14. The van der Waals surface area contributed by atoms with Crippen LogP contribution in [0.2, 0.25) is 0 Å². The van der Waals surface area contributed by atoms with Crippen LogP contribution in [0.15, 0.2) is 119 Å². The molecular formula is C32H25N3O. The molecule has 1 unspecified atom stereocenters. The highest BCUT2D eigenvalue weighted by atomic mass is 16.1. The number of rotatable bonds is 6. The highest BCUT2D eigenvalue weighted by molar-refractivity contribution is 6.13. The second-order valence-corrected chi connectivity index (χ2v) is 8.55. The van der Waals surface area contributed by atoms with E-state index in [2.05, 4.69) is 5.92 Å². The molecule has 4 nitrogen and oxygen atoms in total. The first-order valence-corrected chi connectivity index (χ1v) is 11.9. The molecule has 0 bridgehead atoms. The number of nitrogens with zero attached hydrogens (tertiary/aromatic N) is 3. The minimum Gasteiger partial charge on any atom is -0.272 e. The highest BCUT2D eigenvalue weighted by Crippen LogP contribution is 2.26. The van der Waals surface area contributed by atoms with Crippen molar-refractivity contribution in [2.45, 2.75) is 19.4 Å². The molecule has 4 heteroatoms. The molecule has 5 rings (SSSR count). The van der Waals surface area contributed by atoms with Gasteiger partial charge in [0, 0.05) is 17.5 Å². The zero-order valence-electron chi connectivity index (χ0n) is 20.0. The minimum atomic E-state index is -0.539. The largest absolute Gasteiger partial charge is 0.272 e. The van der Waals surface area contributed by atoms with Gasteiger partial charge in [0.1, 0.15) is 11.9 Å². The summed E-state index contributed by atoms with van der Waals surface area (Å²) in [5, 5.41) is 0.597. The smallest absolute Gasteiger partial charge is 0.266 e. The van der Waals surface area contributed by atoms with Crippen LogP contribution in [-0.2, 0) is 0 Å². The van der Waals surface area contributed by atoms with Crippen molar-refractivity contribution < 1.29 is 0 Å². The molecule has 0 spiro atoms. The van der Waals surface area contributed by atoms with Crippen LogP contribution in [0, 0.1) is 19.3 Å². The van der Waals surface area contributed by atoms with E-state index in [4.69, 9.17) is 16.4 Å². The van der Waals surface area contributed by atoms with Crippen LogP contribution in [0.1, 0.15) is 35.0 Å². The average molecular weight is 468 g/mol. The third-order valence-electron chi connectivity index (χ3n) is 6.13. The molecule has 0 aliphatic carbocycles. The molecule has 0 saturated heterocycles. The predicted octanol–water partition coefficient (Wildman–Crippen LogP) is 6.30. The molecule has 0 aliphatic heterocycles. The normalized spacial score (nSPS) is 11.6. The maximum atomic E-state index is 13.9. The third-order valence-corrected chi connectivity index (χ3v) is 6.13. The Hall–Kier alpha value is -4.75. The second kappa shape index (κ2) is 10.2. The number of aliphatic imine (C=N–C) groups is 1. The van der Waals surface area contributed by atoms with E-state index < -0.39 is 6.04 Å². The lowest BCUT2D eigenvalue weighted by Gasteiger charge is -2.20. The Morgan fingerprint density at radius 3 is 2.03 bits per heavy atom. The summed E-state index contributed by atoms with van der Waals surface area (Å²) in [7, 11) is 0. The predicted molar refractivity (Wildman–Crippen MR) is 147 cm³/mol. The first kappa shape index (κ1) is 23.0. The fraction of sp³-hybridized carbons (Fsp3) is 0.0938. The van der Waals surface area contributed by atoms with Crippen molar-refractivity contribution in [3.8, 4) is 18.0 Å². The Morgan fingerprint density at radius 1 is 0.861 bits per heavy atom. The molecule has 0 amide bonds. The van der Waals surface area contributed by atoms with Crippen molar-refractivity contribution in [2.24, 2.45) is 4.99 Å². The van der Waals surface area contributed by atoms with Crippen molar-refractivity contribution in [1.82, 2.24) is 9.55 Å². The molecule has 1 aromatic heterocycles. The Kier molecular flexibility index (Phi) is 6.55. The van der Waals surface area contributed by atoms with Gasteiger partial charge in [-0.2, -0.15) is 0 Å². The van der Waals surface area contributed by atoms with Crippen LogP contribution < -0.4 is 5.56 Å². The van der Waals surface area contributed by atoms with Crippen LogP contribution in [-0.4, -0.2) is 15.3 Å². The SMILES string of the molecule is C#CCC(N=C(c1ccccc1)c1ccccc1)c1nc2cccc(C)c2c(=O)n1-c1ccccc1. The lowest BCUT2D eigenvalue weighted by atomic mass is 10.0. The molecule has 36 heavy (non-hydrogen) atoms. The molecule has 5 aromatic rings. The fourth-order valence-electron chi connectivity index (χ4n) is 4.43. The third kappa shape index (κ3) is 4.47. The number of hydrogen-bond donors (Lipinski definition) is 0. The summed E-state index contributed by atoms with van der Waals surface area (Å²) in [5.74, 6) is 3.29. The molecular weight excluding hydrogens is 442 g/mol. The van der Waals surface area contributed by atoms with E-state index in [0.29, 0.717) is 23.1 Å². The van der Waals surface area contributed by atoms with E-state index in [1.807, 2.05) is 116 Å². The van der Waals surface area contributed by atoms with Crippen molar-refractivity contribution in [3.63, 3.8) is 0 Å². The maximum Gasteiger partial charge on any atom is 0.266 e. The van der Waals surface area contributed by atoms with Gasteiger partial charge in [-0.3, -0.25) is 14.4 Å². The number of para-hydroxylation sites is 1. The van der Waals surface area contributed by atoms with Crippen molar-refractivity contribution >= 4 is 16.6 Å². The lowest BCUT2D eigenvalue weighted by Crippen LogP contribution is -2.26. The van der Waals surface area contributed by atoms with E-state index >= 15 is 0 Å². The average Bonchev–Trinajstić information content (AvgIpc) is 2.92. The van der Waals surface area contributed by atoms with Crippen LogP contribution in [0.5, 0.6) is 0 Å². The lowest BCUT2D eigenvalue weighted by molar-refractivity contribution is 0.661. The van der Waals surface area contributed by atoms with Gasteiger partial charge in [-0.1, -0.05) is 91.0 Å². The van der Waals surface area contributed by atoms with Gasteiger partial charge in [-0.25, -0.2) is 4.98 Å². The van der Waals surface area contributed by atoms with Crippen molar-refractivity contribution in [3.05, 3.63) is 142 Å². The van der Waals surface area contributed by atoms with Gasteiger partial charge in [0.2, 0.25) is 0 Å². The minimum absolute atomic E-state index is 0.127. The second-order valence-electron chi connectivity index (χ2n) is 8.55. The highest BCUT2D eigenvalue weighted by Gasteiger charge is 2.22. The Morgan fingerprint density at radius 2 is 1.44 bits per heavy atom. The molecule has 0 fully saturated rings. The number of aromatic nitrogens is 2. The van der Waals surface area contributed by atoms with E-state index in [9.17, 15) is 4.79 Å². The molecule has 0 aliphatic rings. The number of terminal acetylenes is 1. The van der Waals surface area contributed by atoms with Crippen LogP contribution >= 0.6 is 0 Å². The molecule has 0 N–H and O–H groups in total. The summed E-state index contributed by atoms with van der Waals surface area (Å²) in [6, 6.07) is 34.7. The Balaban J connectivity index is 1.82. The fourth-order valence-corrected chi connectivity index (χ4v) is 4.43. The van der Waals surface area contributed by atoms with Gasteiger partial charge in [-0.15, -0.1) is 12.3 Å². The molecule has 0 radical (unpaired) electrons. The number of hydrogen-bond acceptors (Lipinski definition) is 3. The first-order valence-electron chi connectivity index (χ1n) is 11.9.